The van der Waals surface area contributed by atoms with E-state index in [0.717, 1.165) is 6.54 Å². The number of thiophene rings is 1. The second-order valence-corrected chi connectivity index (χ2v) is 5.02. The Kier molecular flexibility index (Phi) is 3.42. The Balaban J connectivity index is 1.98. The molecule has 1 nitrogen and oxygen atoms in total. The zero-order valence-corrected chi connectivity index (χ0v) is 10.5. The molecule has 0 radical (unpaired) electrons. The number of halogens is 1. The van der Waals surface area contributed by atoms with Crippen LogP contribution in [0.2, 0.25) is 0 Å². The number of anilines is 1. The lowest BCUT2D eigenvalue weighted by molar-refractivity contribution is 1.15. The fourth-order valence-electron chi connectivity index (χ4n) is 1.22. The van der Waals surface area contributed by atoms with E-state index in [2.05, 4.69) is 69.0 Å². The molecule has 1 heterocycles. The Hall–Kier alpha value is -0.550. The molecule has 0 aliphatic rings. The maximum absolute atomic E-state index is 3.38. The lowest BCUT2D eigenvalue weighted by Crippen LogP contribution is -1.97. The van der Waals surface area contributed by atoms with Crippen molar-refractivity contribution in [3.8, 4) is 0 Å². The fraction of sp³-hybridized carbons (Fsp3) is 0.0909. The van der Waals surface area contributed by atoms with Crippen molar-refractivity contribution >= 4 is 39.6 Å². The number of hydrogen-bond acceptors (Lipinski definition) is 2. The molecule has 3 heteroatoms. The summed E-state index contributed by atoms with van der Waals surface area (Å²) in [7, 11) is 0. The zero-order chi connectivity index (χ0) is 9.80. The Morgan fingerprint density at radius 3 is 2.93 bits per heavy atom. The van der Waals surface area contributed by atoms with E-state index in [1.54, 1.807) is 11.3 Å². The van der Waals surface area contributed by atoms with Crippen LogP contribution in [0.25, 0.3) is 0 Å². The van der Waals surface area contributed by atoms with Gasteiger partial charge in [-0.2, -0.15) is 11.3 Å². The van der Waals surface area contributed by atoms with Gasteiger partial charge in [-0.25, -0.2) is 0 Å². The minimum Gasteiger partial charge on any atom is -0.380 e. The molecule has 1 aromatic carbocycles. The van der Waals surface area contributed by atoms with Crippen molar-refractivity contribution in [3.63, 3.8) is 0 Å². The van der Waals surface area contributed by atoms with Crippen LogP contribution in [-0.2, 0) is 6.54 Å². The highest BCUT2D eigenvalue weighted by Gasteiger charge is 1.94. The molecule has 1 N–H and O–H groups in total. The molecule has 0 aliphatic heterocycles. The molecule has 2 aromatic rings. The molecule has 0 spiro atoms. The Labute approximate surface area is 101 Å². The first-order valence-electron chi connectivity index (χ1n) is 4.35. The topological polar surface area (TPSA) is 12.0 Å². The van der Waals surface area contributed by atoms with Gasteiger partial charge in [0.05, 0.1) is 0 Å². The van der Waals surface area contributed by atoms with E-state index in [-0.39, 0.29) is 0 Å². The maximum atomic E-state index is 3.38. The lowest BCUT2D eigenvalue weighted by atomic mass is 10.2. The molecule has 14 heavy (non-hydrogen) atoms. The van der Waals surface area contributed by atoms with E-state index in [1.807, 2.05) is 0 Å². The van der Waals surface area contributed by atoms with Crippen LogP contribution in [0.3, 0.4) is 0 Å². The van der Waals surface area contributed by atoms with Crippen molar-refractivity contribution in [1.82, 2.24) is 0 Å². The van der Waals surface area contributed by atoms with Gasteiger partial charge >= 0.3 is 0 Å². The SMILES string of the molecule is Ic1cccc(CNc2ccsc2)c1. The predicted octanol–water partition coefficient (Wildman–Crippen LogP) is 3.96. The third-order valence-corrected chi connectivity index (χ3v) is 3.26. The van der Waals surface area contributed by atoms with Crippen LogP contribution in [0, 0.1) is 3.57 Å². The third-order valence-electron chi connectivity index (χ3n) is 1.91. The molecule has 0 unspecified atom stereocenters. The zero-order valence-electron chi connectivity index (χ0n) is 7.53. The molecule has 0 aliphatic carbocycles. The smallest absolute Gasteiger partial charge is 0.0451 e. The highest BCUT2D eigenvalue weighted by molar-refractivity contribution is 14.1. The summed E-state index contributed by atoms with van der Waals surface area (Å²) in [6.45, 7) is 0.896. The first-order chi connectivity index (χ1) is 6.84. The molecule has 1 aromatic heterocycles. The van der Waals surface area contributed by atoms with Crippen LogP contribution in [-0.4, -0.2) is 0 Å². The molecule has 0 atom stereocenters. The fourth-order valence-corrected chi connectivity index (χ4v) is 2.44. The van der Waals surface area contributed by atoms with E-state index in [1.165, 1.54) is 14.8 Å². The van der Waals surface area contributed by atoms with E-state index >= 15 is 0 Å². The largest absolute Gasteiger partial charge is 0.380 e. The van der Waals surface area contributed by atoms with Crippen LogP contribution in [0.5, 0.6) is 0 Å². The van der Waals surface area contributed by atoms with Gasteiger partial charge in [0.15, 0.2) is 0 Å². The summed E-state index contributed by atoms with van der Waals surface area (Å²) in [5.74, 6) is 0. The van der Waals surface area contributed by atoms with E-state index in [4.69, 9.17) is 0 Å². The summed E-state index contributed by atoms with van der Waals surface area (Å²) in [6, 6.07) is 10.6. The molecule has 0 saturated carbocycles. The quantitative estimate of drug-likeness (QED) is 0.845. The van der Waals surface area contributed by atoms with Crippen LogP contribution < -0.4 is 5.32 Å². The van der Waals surface area contributed by atoms with Crippen LogP contribution >= 0.6 is 33.9 Å². The maximum Gasteiger partial charge on any atom is 0.0451 e. The second kappa shape index (κ2) is 4.79. The molecule has 0 amide bonds. The van der Waals surface area contributed by atoms with Gasteiger partial charge in [-0.3, -0.25) is 0 Å². The van der Waals surface area contributed by atoms with Crippen LogP contribution in [0.15, 0.2) is 41.1 Å². The standard InChI is InChI=1S/C11H10INS/c12-10-3-1-2-9(6-10)7-13-11-4-5-14-8-11/h1-6,8,13H,7H2. The number of benzene rings is 1. The molecule has 0 fully saturated rings. The first kappa shape index (κ1) is 9.98. The van der Waals surface area contributed by atoms with Crippen molar-refractivity contribution in [1.29, 1.82) is 0 Å². The highest BCUT2D eigenvalue weighted by atomic mass is 127. The molecular weight excluding hydrogens is 305 g/mol. The highest BCUT2D eigenvalue weighted by Crippen LogP contribution is 2.14. The normalized spacial score (nSPS) is 10.1. The average Bonchev–Trinajstić information content (AvgIpc) is 2.67. The van der Waals surface area contributed by atoms with Crippen LogP contribution in [0.1, 0.15) is 5.56 Å². The van der Waals surface area contributed by atoms with E-state index < -0.39 is 0 Å². The summed E-state index contributed by atoms with van der Waals surface area (Å²) in [4.78, 5) is 0. The van der Waals surface area contributed by atoms with Gasteiger partial charge in [-0.15, -0.1) is 0 Å². The van der Waals surface area contributed by atoms with Gasteiger partial charge < -0.3 is 5.32 Å². The van der Waals surface area contributed by atoms with Crippen molar-refractivity contribution in [3.05, 3.63) is 50.2 Å². The molecule has 0 saturated heterocycles. The summed E-state index contributed by atoms with van der Waals surface area (Å²) < 4.78 is 1.28. The van der Waals surface area contributed by atoms with Gasteiger partial charge in [-0.05, 0) is 51.7 Å². The van der Waals surface area contributed by atoms with Crippen molar-refractivity contribution in [2.24, 2.45) is 0 Å². The first-order valence-corrected chi connectivity index (χ1v) is 6.37. The third kappa shape index (κ3) is 2.72. The molecule has 72 valence electrons. The van der Waals surface area contributed by atoms with Crippen molar-refractivity contribution in [2.45, 2.75) is 6.54 Å². The average molecular weight is 315 g/mol. The van der Waals surface area contributed by atoms with Crippen molar-refractivity contribution < 1.29 is 0 Å². The minimum absolute atomic E-state index is 0.896. The number of hydrogen-bond donors (Lipinski definition) is 1. The number of rotatable bonds is 3. The number of nitrogens with one attached hydrogen (secondary N) is 1. The predicted molar refractivity (Wildman–Crippen MR) is 70.8 cm³/mol. The summed E-state index contributed by atoms with van der Waals surface area (Å²) >= 11 is 4.05. The van der Waals surface area contributed by atoms with E-state index in [0.29, 0.717) is 0 Å². The summed E-state index contributed by atoms with van der Waals surface area (Å²) in [5, 5.41) is 7.57. The van der Waals surface area contributed by atoms with Gasteiger partial charge in [0.1, 0.15) is 0 Å². The lowest BCUT2D eigenvalue weighted by Gasteiger charge is -2.04. The van der Waals surface area contributed by atoms with Gasteiger partial charge in [0.2, 0.25) is 0 Å². The monoisotopic (exact) mass is 315 g/mol. The van der Waals surface area contributed by atoms with E-state index in [9.17, 15) is 0 Å². The Morgan fingerprint density at radius 2 is 2.21 bits per heavy atom. The van der Waals surface area contributed by atoms with Crippen molar-refractivity contribution in [2.75, 3.05) is 5.32 Å². The Morgan fingerprint density at radius 1 is 1.29 bits per heavy atom. The second-order valence-electron chi connectivity index (χ2n) is 3.00. The minimum atomic E-state index is 0.896. The molecule has 0 bridgehead atoms. The van der Waals surface area contributed by atoms with Gasteiger partial charge in [0, 0.05) is 21.2 Å². The van der Waals surface area contributed by atoms with Crippen LogP contribution in [0.4, 0.5) is 5.69 Å². The van der Waals surface area contributed by atoms with Gasteiger partial charge in [-0.1, -0.05) is 12.1 Å². The summed E-state index contributed by atoms with van der Waals surface area (Å²) in [6.07, 6.45) is 0. The molecular formula is C11H10INS. The summed E-state index contributed by atoms with van der Waals surface area (Å²) in [5.41, 5.74) is 2.52. The Bertz CT molecular complexity index is 397. The van der Waals surface area contributed by atoms with Gasteiger partial charge in [0.25, 0.3) is 0 Å². The molecule has 2 rings (SSSR count).